The number of amides is 1. The van der Waals surface area contributed by atoms with Gasteiger partial charge in [0.15, 0.2) is 0 Å². The van der Waals surface area contributed by atoms with Crippen molar-refractivity contribution in [2.24, 2.45) is 0 Å². The van der Waals surface area contributed by atoms with Crippen LogP contribution in [0, 0.1) is 17.1 Å². The van der Waals surface area contributed by atoms with Crippen LogP contribution in [0.5, 0.6) is 0 Å². The summed E-state index contributed by atoms with van der Waals surface area (Å²) in [4.78, 5) is 26.2. The molecule has 1 aromatic heterocycles. The summed E-state index contributed by atoms with van der Waals surface area (Å²) in [6, 6.07) is 25.4. The number of rotatable bonds is 6. The van der Waals surface area contributed by atoms with Crippen LogP contribution in [-0.2, 0) is 9.53 Å². The van der Waals surface area contributed by atoms with E-state index in [1.807, 2.05) is 54.6 Å². The first-order valence-corrected chi connectivity index (χ1v) is 12.8. The van der Waals surface area contributed by atoms with Crippen LogP contribution < -0.4 is 5.32 Å². The smallest absolute Gasteiger partial charge is 0.341 e. The highest BCUT2D eigenvalue weighted by Gasteiger charge is 2.24. The summed E-state index contributed by atoms with van der Waals surface area (Å²) in [5.74, 6) is -1.67. The molecule has 1 N–H and O–H groups in total. The van der Waals surface area contributed by atoms with Gasteiger partial charge in [0.1, 0.15) is 28.0 Å². The van der Waals surface area contributed by atoms with Crippen LogP contribution in [0.2, 0.25) is 0 Å². The summed E-state index contributed by atoms with van der Waals surface area (Å²) < 4.78 is 18.7. The Morgan fingerprint density at radius 2 is 1.63 bits per heavy atom. The van der Waals surface area contributed by atoms with Crippen molar-refractivity contribution in [2.75, 3.05) is 11.9 Å². The van der Waals surface area contributed by atoms with Gasteiger partial charge in [-0.25, -0.2) is 9.18 Å². The third-order valence-electron chi connectivity index (χ3n) is 6.12. The molecule has 38 heavy (non-hydrogen) atoms. The van der Waals surface area contributed by atoms with E-state index in [9.17, 15) is 19.2 Å². The fourth-order valence-corrected chi connectivity index (χ4v) is 5.32. The van der Waals surface area contributed by atoms with Gasteiger partial charge in [0.2, 0.25) is 0 Å². The summed E-state index contributed by atoms with van der Waals surface area (Å²) in [5, 5.41) is 18.4. The van der Waals surface area contributed by atoms with Gasteiger partial charge in [-0.1, -0.05) is 60.7 Å². The minimum atomic E-state index is -0.650. The second-order valence-corrected chi connectivity index (χ2v) is 9.32. The van der Waals surface area contributed by atoms with Gasteiger partial charge in [-0.3, -0.25) is 4.79 Å². The molecule has 0 unspecified atom stereocenters. The lowest BCUT2D eigenvalue weighted by Crippen LogP contribution is -2.16. The van der Waals surface area contributed by atoms with Gasteiger partial charge in [0, 0.05) is 10.9 Å². The Balaban J connectivity index is 1.57. The number of nitriles is 1. The number of nitrogens with zero attached hydrogens (tertiary/aromatic N) is 1. The number of thiophene rings is 1. The zero-order valence-electron chi connectivity index (χ0n) is 20.3. The first-order chi connectivity index (χ1) is 18.5. The molecule has 5 aromatic rings. The van der Waals surface area contributed by atoms with E-state index in [4.69, 9.17) is 4.74 Å². The number of nitrogens with one attached hydrogen (secondary N) is 1. The fourth-order valence-electron chi connectivity index (χ4n) is 4.37. The Hall–Kier alpha value is -4.80. The Bertz CT molecular complexity index is 1710. The van der Waals surface area contributed by atoms with Gasteiger partial charge in [0.05, 0.1) is 6.61 Å². The minimum absolute atomic E-state index is 0.113. The standard InChI is InChI=1S/C31H21FN2O3S/c1-2-37-31(36)28-27(19-11-13-23(32)14-12-19)18-38-30(28)34-29(35)22(17-33)16-26-24-9-5-3-7-20(24)15-21-8-4-6-10-25(21)26/h3-16,18H,2H2,1H3,(H,34,35). The summed E-state index contributed by atoms with van der Waals surface area (Å²) in [5.41, 5.74) is 1.91. The van der Waals surface area contributed by atoms with E-state index in [2.05, 4.69) is 11.4 Å². The lowest BCUT2D eigenvalue weighted by atomic mass is 9.95. The molecule has 0 bridgehead atoms. The maximum atomic E-state index is 13.5. The van der Waals surface area contributed by atoms with E-state index in [1.165, 1.54) is 12.1 Å². The van der Waals surface area contributed by atoms with Gasteiger partial charge in [0.25, 0.3) is 5.91 Å². The number of anilines is 1. The van der Waals surface area contributed by atoms with Crippen LogP contribution in [0.1, 0.15) is 22.8 Å². The normalized spacial score (nSPS) is 11.3. The lowest BCUT2D eigenvalue weighted by Gasteiger charge is -2.10. The number of fused-ring (bicyclic) bond motifs is 2. The molecular formula is C31H21FN2O3S. The van der Waals surface area contributed by atoms with Crippen LogP contribution in [0.25, 0.3) is 38.7 Å². The molecule has 0 spiro atoms. The predicted molar refractivity (Wildman–Crippen MR) is 149 cm³/mol. The van der Waals surface area contributed by atoms with Crippen molar-refractivity contribution >= 4 is 55.8 Å². The first kappa shape index (κ1) is 24.9. The van der Waals surface area contributed by atoms with Crippen molar-refractivity contribution < 1.29 is 18.7 Å². The second-order valence-electron chi connectivity index (χ2n) is 8.44. The summed E-state index contributed by atoms with van der Waals surface area (Å²) >= 11 is 1.13. The topological polar surface area (TPSA) is 79.2 Å². The maximum absolute atomic E-state index is 13.5. The van der Waals surface area contributed by atoms with E-state index < -0.39 is 17.7 Å². The fraction of sp³-hybridized carbons (Fsp3) is 0.0645. The molecule has 0 fully saturated rings. The average Bonchev–Trinajstić information content (AvgIpc) is 3.35. The highest BCUT2D eigenvalue weighted by Crippen LogP contribution is 2.37. The number of hydrogen-bond acceptors (Lipinski definition) is 5. The molecule has 0 atom stereocenters. The molecule has 0 radical (unpaired) electrons. The zero-order chi connectivity index (χ0) is 26.6. The van der Waals surface area contributed by atoms with Crippen molar-refractivity contribution in [1.29, 1.82) is 5.26 Å². The van der Waals surface area contributed by atoms with Crippen molar-refractivity contribution in [2.45, 2.75) is 6.92 Å². The molecule has 0 saturated carbocycles. The molecule has 0 aliphatic rings. The second kappa shape index (κ2) is 10.7. The highest BCUT2D eigenvalue weighted by molar-refractivity contribution is 7.15. The van der Waals surface area contributed by atoms with E-state index in [1.54, 1.807) is 30.5 Å². The van der Waals surface area contributed by atoms with Gasteiger partial charge in [-0.05, 0) is 63.9 Å². The number of benzene rings is 4. The SMILES string of the molecule is CCOC(=O)c1c(-c2ccc(F)cc2)csc1NC(=O)C(C#N)=Cc1c2ccccc2cc2ccccc12. The molecule has 0 aliphatic carbocycles. The van der Waals surface area contributed by atoms with Gasteiger partial charge in [-0.15, -0.1) is 11.3 Å². The molecule has 5 nitrogen and oxygen atoms in total. The third kappa shape index (κ3) is 4.77. The Morgan fingerprint density at radius 1 is 1.00 bits per heavy atom. The van der Waals surface area contributed by atoms with Gasteiger partial charge in [-0.2, -0.15) is 5.26 Å². The largest absolute Gasteiger partial charge is 0.462 e. The number of ether oxygens (including phenoxy) is 1. The molecule has 1 heterocycles. The van der Waals surface area contributed by atoms with E-state index in [0.717, 1.165) is 38.4 Å². The monoisotopic (exact) mass is 520 g/mol. The van der Waals surface area contributed by atoms with Crippen molar-refractivity contribution in [3.63, 3.8) is 0 Å². The summed E-state index contributed by atoms with van der Waals surface area (Å²) in [6.07, 6.45) is 1.58. The average molecular weight is 521 g/mol. The van der Waals surface area contributed by atoms with Crippen molar-refractivity contribution in [1.82, 2.24) is 0 Å². The van der Waals surface area contributed by atoms with E-state index >= 15 is 0 Å². The predicted octanol–water partition coefficient (Wildman–Crippen LogP) is 7.58. The maximum Gasteiger partial charge on any atom is 0.341 e. The number of carbonyl (C=O) groups excluding carboxylic acids is 2. The van der Waals surface area contributed by atoms with Crippen LogP contribution >= 0.6 is 11.3 Å². The van der Waals surface area contributed by atoms with Crippen LogP contribution in [0.3, 0.4) is 0 Å². The molecule has 0 aliphatic heterocycles. The van der Waals surface area contributed by atoms with Gasteiger partial charge < -0.3 is 10.1 Å². The van der Waals surface area contributed by atoms with Crippen LogP contribution in [0.15, 0.2) is 89.8 Å². The molecule has 5 rings (SSSR count). The molecule has 186 valence electrons. The number of carbonyl (C=O) groups is 2. The molecular weight excluding hydrogens is 499 g/mol. The Kier molecular flexibility index (Phi) is 6.98. The summed E-state index contributed by atoms with van der Waals surface area (Å²) in [7, 11) is 0. The molecule has 0 saturated heterocycles. The quantitative estimate of drug-likeness (QED) is 0.108. The Labute approximate surface area is 222 Å². The van der Waals surface area contributed by atoms with Gasteiger partial charge >= 0.3 is 5.97 Å². The van der Waals surface area contributed by atoms with Crippen LogP contribution in [0.4, 0.5) is 9.39 Å². The zero-order valence-corrected chi connectivity index (χ0v) is 21.1. The lowest BCUT2D eigenvalue weighted by molar-refractivity contribution is -0.112. The molecule has 1 amide bonds. The van der Waals surface area contributed by atoms with E-state index in [0.29, 0.717) is 11.1 Å². The number of hydrogen-bond donors (Lipinski definition) is 1. The highest BCUT2D eigenvalue weighted by atomic mass is 32.1. The molecule has 7 heteroatoms. The van der Waals surface area contributed by atoms with E-state index in [-0.39, 0.29) is 22.7 Å². The number of esters is 1. The first-order valence-electron chi connectivity index (χ1n) is 11.9. The Morgan fingerprint density at radius 3 is 2.24 bits per heavy atom. The summed E-state index contributed by atoms with van der Waals surface area (Å²) in [6.45, 7) is 1.83. The minimum Gasteiger partial charge on any atom is -0.462 e. The third-order valence-corrected chi connectivity index (χ3v) is 7.01. The van der Waals surface area contributed by atoms with Crippen molar-refractivity contribution in [3.8, 4) is 17.2 Å². The molecule has 4 aromatic carbocycles. The number of halogens is 1. The van der Waals surface area contributed by atoms with Crippen LogP contribution in [-0.4, -0.2) is 18.5 Å². The van der Waals surface area contributed by atoms with Crippen molar-refractivity contribution in [3.05, 3.63) is 107 Å².